The van der Waals surface area contributed by atoms with Crippen molar-refractivity contribution in [2.24, 2.45) is 4.99 Å². The highest BCUT2D eigenvalue weighted by Gasteiger charge is 2.19. The summed E-state index contributed by atoms with van der Waals surface area (Å²) in [6.07, 6.45) is 7.38. The number of aliphatic imine (C=N–C) groups is 1. The van der Waals surface area contributed by atoms with Crippen LogP contribution in [-0.4, -0.2) is 48.0 Å². The molecule has 134 valence electrons. The number of nitrogens with zero attached hydrogens (tertiary/aromatic N) is 5. The number of fused-ring (bicyclic) bond motifs is 1. The second-order valence-electron chi connectivity index (χ2n) is 6.08. The van der Waals surface area contributed by atoms with Crippen LogP contribution < -0.4 is 4.90 Å². The minimum atomic E-state index is 0.611. The van der Waals surface area contributed by atoms with Crippen molar-refractivity contribution in [2.45, 2.75) is 13.8 Å². The number of rotatable bonds is 5. The minimum absolute atomic E-state index is 0.611. The molecule has 2 aromatic rings. The summed E-state index contributed by atoms with van der Waals surface area (Å²) in [7, 11) is 0. The molecule has 0 spiro atoms. The number of pyridine rings is 1. The van der Waals surface area contributed by atoms with Gasteiger partial charge in [0.05, 0.1) is 18.7 Å². The predicted octanol–water partition coefficient (Wildman–Crippen LogP) is 3.51. The van der Waals surface area contributed by atoms with E-state index in [0.717, 1.165) is 46.7 Å². The van der Waals surface area contributed by atoms with Crippen molar-refractivity contribution in [3.8, 4) is 0 Å². The normalized spacial score (nSPS) is 15.6. The quantitative estimate of drug-likeness (QED) is 0.610. The molecule has 1 saturated heterocycles. The van der Waals surface area contributed by atoms with Gasteiger partial charge in [0.25, 0.3) is 0 Å². The summed E-state index contributed by atoms with van der Waals surface area (Å²) in [5, 5.41) is 0. The average Bonchev–Trinajstić information content (AvgIpc) is 2.67. The Labute approximate surface area is 153 Å². The Hall–Kier alpha value is -2.86. The van der Waals surface area contributed by atoms with Crippen LogP contribution in [0.1, 0.15) is 25.2 Å². The second-order valence-corrected chi connectivity index (χ2v) is 6.08. The van der Waals surface area contributed by atoms with E-state index in [1.807, 2.05) is 38.3 Å². The zero-order valence-electron chi connectivity index (χ0n) is 15.3. The SMILES string of the molecule is C=N/C=C(\C)c1cnc2c(N3CCOCC3)nc(C(=C)/C=C\C)nc2c1. The maximum Gasteiger partial charge on any atom is 0.161 e. The molecule has 6 heteroatoms. The van der Waals surface area contributed by atoms with Gasteiger partial charge >= 0.3 is 0 Å². The van der Waals surface area contributed by atoms with Gasteiger partial charge in [-0.25, -0.2) is 9.97 Å². The first-order chi connectivity index (χ1) is 12.6. The fourth-order valence-electron chi connectivity index (χ4n) is 2.85. The van der Waals surface area contributed by atoms with E-state index >= 15 is 0 Å². The van der Waals surface area contributed by atoms with E-state index in [-0.39, 0.29) is 0 Å². The number of allylic oxidation sites excluding steroid dienone is 4. The molecule has 0 unspecified atom stereocenters. The molecule has 0 saturated carbocycles. The highest BCUT2D eigenvalue weighted by molar-refractivity contribution is 5.89. The second kappa shape index (κ2) is 8.01. The molecule has 26 heavy (non-hydrogen) atoms. The van der Waals surface area contributed by atoms with Crippen molar-refractivity contribution >= 4 is 34.7 Å². The third-order valence-corrected chi connectivity index (χ3v) is 4.22. The van der Waals surface area contributed by atoms with Crippen molar-refractivity contribution in [3.63, 3.8) is 0 Å². The van der Waals surface area contributed by atoms with Gasteiger partial charge in [0.15, 0.2) is 11.6 Å². The first kappa shape index (κ1) is 17.9. The molecular formula is C20H23N5O. The Balaban J connectivity index is 2.17. The van der Waals surface area contributed by atoms with Crippen LogP contribution in [0.15, 0.2) is 42.2 Å². The Kier molecular flexibility index (Phi) is 5.53. The maximum atomic E-state index is 5.47. The molecule has 0 aromatic carbocycles. The van der Waals surface area contributed by atoms with E-state index in [2.05, 4.69) is 28.2 Å². The smallest absolute Gasteiger partial charge is 0.161 e. The molecule has 3 rings (SSSR count). The van der Waals surface area contributed by atoms with E-state index in [9.17, 15) is 0 Å². The third-order valence-electron chi connectivity index (χ3n) is 4.22. The lowest BCUT2D eigenvalue weighted by molar-refractivity contribution is 0.122. The predicted molar refractivity (Wildman–Crippen MR) is 107 cm³/mol. The first-order valence-corrected chi connectivity index (χ1v) is 8.59. The number of hydrogen-bond donors (Lipinski definition) is 0. The van der Waals surface area contributed by atoms with Crippen molar-refractivity contribution in [1.29, 1.82) is 0 Å². The molecular weight excluding hydrogens is 326 g/mol. The molecule has 2 aromatic heterocycles. The van der Waals surface area contributed by atoms with Crippen molar-refractivity contribution in [3.05, 3.63) is 48.6 Å². The monoisotopic (exact) mass is 349 g/mol. The molecule has 6 nitrogen and oxygen atoms in total. The zero-order chi connectivity index (χ0) is 18.5. The van der Waals surface area contributed by atoms with Gasteiger partial charge in [0, 0.05) is 31.1 Å². The lowest BCUT2D eigenvalue weighted by Gasteiger charge is -2.28. The summed E-state index contributed by atoms with van der Waals surface area (Å²) in [4.78, 5) is 20.1. The zero-order valence-corrected chi connectivity index (χ0v) is 15.3. The molecule has 3 heterocycles. The number of aromatic nitrogens is 3. The summed E-state index contributed by atoms with van der Waals surface area (Å²) >= 11 is 0. The van der Waals surface area contributed by atoms with E-state index in [4.69, 9.17) is 14.7 Å². The summed E-state index contributed by atoms with van der Waals surface area (Å²) in [5.41, 5.74) is 4.28. The maximum absolute atomic E-state index is 5.47. The van der Waals surface area contributed by atoms with Gasteiger partial charge in [0.1, 0.15) is 5.52 Å². The molecule has 0 aliphatic carbocycles. The van der Waals surface area contributed by atoms with Gasteiger partial charge in [-0.2, -0.15) is 0 Å². The summed E-state index contributed by atoms with van der Waals surface area (Å²) in [6.45, 7) is 14.4. The third kappa shape index (κ3) is 3.70. The molecule has 0 N–H and O–H groups in total. The van der Waals surface area contributed by atoms with Crippen molar-refractivity contribution in [1.82, 2.24) is 15.0 Å². The van der Waals surface area contributed by atoms with Crippen LogP contribution in [-0.2, 0) is 4.74 Å². The Morgan fingerprint density at radius 2 is 2.08 bits per heavy atom. The lowest BCUT2D eigenvalue weighted by Crippen LogP contribution is -2.37. The van der Waals surface area contributed by atoms with Crippen LogP contribution in [0.3, 0.4) is 0 Å². The van der Waals surface area contributed by atoms with Crippen LogP contribution in [0.25, 0.3) is 22.2 Å². The number of hydrogen-bond acceptors (Lipinski definition) is 6. The Morgan fingerprint density at radius 1 is 1.31 bits per heavy atom. The van der Waals surface area contributed by atoms with Crippen molar-refractivity contribution in [2.75, 3.05) is 31.2 Å². The largest absolute Gasteiger partial charge is 0.378 e. The standard InChI is InChI=1S/C20H23N5O/c1-5-6-14(2)19-23-17-11-16(15(3)12-21-4)13-22-18(17)20(24-19)25-7-9-26-10-8-25/h5-6,11-13H,2,4,7-10H2,1,3H3/b6-5-,15-12+. The van der Waals surface area contributed by atoms with E-state index in [1.165, 1.54) is 0 Å². The van der Waals surface area contributed by atoms with E-state index in [1.54, 1.807) is 6.20 Å². The fourth-order valence-corrected chi connectivity index (χ4v) is 2.85. The molecule has 0 bridgehead atoms. The van der Waals surface area contributed by atoms with Gasteiger partial charge in [-0.3, -0.25) is 9.98 Å². The summed E-state index contributed by atoms with van der Waals surface area (Å²) in [5.74, 6) is 1.44. The van der Waals surface area contributed by atoms with Gasteiger partial charge in [-0.15, -0.1) is 0 Å². The van der Waals surface area contributed by atoms with Gasteiger partial charge in [0.2, 0.25) is 0 Å². The highest BCUT2D eigenvalue weighted by Crippen LogP contribution is 2.27. The summed E-state index contributed by atoms with van der Waals surface area (Å²) < 4.78 is 5.47. The molecule has 0 radical (unpaired) electrons. The highest BCUT2D eigenvalue weighted by atomic mass is 16.5. The molecule has 1 aliphatic heterocycles. The van der Waals surface area contributed by atoms with Gasteiger partial charge in [-0.1, -0.05) is 18.7 Å². The van der Waals surface area contributed by atoms with Crippen LogP contribution in [0, 0.1) is 0 Å². The molecule has 1 fully saturated rings. The first-order valence-electron chi connectivity index (χ1n) is 8.59. The fraction of sp³-hybridized carbons (Fsp3) is 0.300. The van der Waals surface area contributed by atoms with Crippen LogP contribution >= 0.6 is 0 Å². The van der Waals surface area contributed by atoms with E-state index in [0.29, 0.717) is 19.0 Å². The Bertz CT molecular complexity index is 894. The van der Waals surface area contributed by atoms with Crippen molar-refractivity contribution < 1.29 is 4.74 Å². The average molecular weight is 349 g/mol. The van der Waals surface area contributed by atoms with Crippen LogP contribution in [0.5, 0.6) is 0 Å². The van der Waals surface area contributed by atoms with Gasteiger partial charge in [-0.05, 0) is 37.8 Å². The molecule has 0 amide bonds. The summed E-state index contributed by atoms with van der Waals surface area (Å²) in [6, 6.07) is 2.01. The number of ether oxygens (including phenoxy) is 1. The topological polar surface area (TPSA) is 63.5 Å². The molecule has 1 aliphatic rings. The van der Waals surface area contributed by atoms with Gasteiger partial charge < -0.3 is 9.64 Å². The van der Waals surface area contributed by atoms with Crippen LogP contribution in [0.4, 0.5) is 5.82 Å². The number of morpholine rings is 1. The van der Waals surface area contributed by atoms with E-state index < -0.39 is 0 Å². The Morgan fingerprint density at radius 3 is 2.77 bits per heavy atom. The molecule has 0 atom stereocenters. The van der Waals surface area contributed by atoms with Crippen LogP contribution in [0.2, 0.25) is 0 Å². The lowest BCUT2D eigenvalue weighted by atomic mass is 10.1. The minimum Gasteiger partial charge on any atom is -0.378 e. The number of anilines is 1.